The Labute approximate surface area is 97.8 Å². The van der Waals surface area contributed by atoms with Crippen LogP contribution >= 0.6 is 0 Å². The molecular formula is C12H14F3NO. The van der Waals surface area contributed by atoms with Crippen molar-refractivity contribution in [1.82, 2.24) is 0 Å². The molecule has 2 nitrogen and oxygen atoms in total. The van der Waals surface area contributed by atoms with E-state index in [2.05, 4.69) is 5.32 Å². The van der Waals surface area contributed by atoms with E-state index in [1.165, 1.54) is 12.1 Å². The number of nitrogens with one attached hydrogen (secondary N) is 1. The molecule has 1 unspecified atom stereocenters. The molecule has 1 N–H and O–H groups in total. The Bertz CT molecular complexity index is 372. The van der Waals surface area contributed by atoms with E-state index in [4.69, 9.17) is 4.74 Å². The van der Waals surface area contributed by atoms with Gasteiger partial charge in [-0.25, -0.2) is 0 Å². The highest BCUT2D eigenvalue weighted by Crippen LogP contribution is 2.35. The molecule has 1 atom stereocenters. The van der Waals surface area contributed by atoms with Crippen LogP contribution in [0.2, 0.25) is 0 Å². The molecule has 1 aromatic rings. The average molecular weight is 245 g/mol. The molecule has 0 radical (unpaired) electrons. The van der Waals surface area contributed by atoms with Gasteiger partial charge in [0.25, 0.3) is 0 Å². The number of ether oxygens (including phenoxy) is 1. The molecule has 0 spiro atoms. The molecule has 1 aromatic carbocycles. The summed E-state index contributed by atoms with van der Waals surface area (Å²) in [5, 5.41) is 2.91. The lowest BCUT2D eigenvalue weighted by Crippen LogP contribution is -2.30. The highest BCUT2D eigenvalue weighted by atomic mass is 19.4. The van der Waals surface area contributed by atoms with Gasteiger partial charge >= 0.3 is 6.18 Å². The molecule has 0 aromatic heterocycles. The number of anilines is 1. The molecule has 0 aliphatic carbocycles. The lowest BCUT2D eigenvalue weighted by Gasteiger charge is -2.25. The maximum atomic E-state index is 12.7. The van der Waals surface area contributed by atoms with Crippen molar-refractivity contribution in [3.63, 3.8) is 0 Å². The van der Waals surface area contributed by atoms with Crippen LogP contribution in [0.4, 0.5) is 18.9 Å². The van der Waals surface area contributed by atoms with Crippen LogP contribution in [0.5, 0.6) is 0 Å². The first-order valence-electron chi connectivity index (χ1n) is 5.58. The summed E-state index contributed by atoms with van der Waals surface area (Å²) in [4.78, 5) is 0. The van der Waals surface area contributed by atoms with Crippen molar-refractivity contribution in [2.24, 2.45) is 0 Å². The smallest absolute Gasteiger partial charge is 0.379 e. The summed E-state index contributed by atoms with van der Waals surface area (Å²) in [7, 11) is 0. The SMILES string of the molecule is FC(F)(F)c1ccccc1NC1CCCOC1. The van der Waals surface area contributed by atoms with Gasteiger partial charge in [-0.3, -0.25) is 0 Å². The van der Waals surface area contributed by atoms with E-state index in [1.807, 2.05) is 0 Å². The molecule has 0 saturated carbocycles. The van der Waals surface area contributed by atoms with E-state index in [1.54, 1.807) is 6.07 Å². The van der Waals surface area contributed by atoms with E-state index >= 15 is 0 Å². The first kappa shape index (κ1) is 12.2. The minimum atomic E-state index is -4.32. The molecule has 5 heteroatoms. The van der Waals surface area contributed by atoms with Crippen LogP contribution in [-0.2, 0) is 10.9 Å². The van der Waals surface area contributed by atoms with Crippen LogP contribution in [0, 0.1) is 0 Å². The minimum absolute atomic E-state index is 0.0350. The van der Waals surface area contributed by atoms with Gasteiger partial charge in [0.15, 0.2) is 0 Å². The number of alkyl halides is 3. The van der Waals surface area contributed by atoms with Gasteiger partial charge in [-0.2, -0.15) is 13.2 Å². The van der Waals surface area contributed by atoms with Crippen molar-refractivity contribution in [3.8, 4) is 0 Å². The molecule has 0 amide bonds. The van der Waals surface area contributed by atoms with Crippen molar-refractivity contribution >= 4 is 5.69 Å². The van der Waals surface area contributed by atoms with Crippen LogP contribution < -0.4 is 5.32 Å². The van der Waals surface area contributed by atoms with Crippen molar-refractivity contribution < 1.29 is 17.9 Å². The predicted octanol–water partition coefficient (Wildman–Crippen LogP) is 3.30. The zero-order valence-electron chi connectivity index (χ0n) is 9.26. The van der Waals surface area contributed by atoms with Crippen molar-refractivity contribution in [1.29, 1.82) is 0 Å². The van der Waals surface area contributed by atoms with E-state index in [0.29, 0.717) is 13.2 Å². The second-order valence-electron chi connectivity index (χ2n) is 4.10. The van der Waals surface area contributed by atoms with Gasteiger partial charge < -0.3 is 10.1 Å². The summed E-state index contributed by atoms with van der Waals surface area (Å²) in [6.45, 7) is 1.16. The fraction of sp³-hybridized carbons (Fsp3) is 0.500. The first-order valence-corrected chi connectivity index (χ1v) is 5.58. The third kappa shape index (κ3) is 3.12. The van der Waals surface area contributed by atoms with Crippen LogP contribution in [-0.4, -0.2) is 19.3 Å². The average Bonchev–Trinajstić information content (AvgIpc) is 2.30. The largest absolute Gasteiger partial charge is 0.418 e. The Hall–Kier alpha value is -1.23. The van der Waals surface area contributed by atoms with Crippen LogP contribution in [0.25, 0.3) is 0 Å². The molecule has 1 fully saturated rings. The molecule has 94 valence electrons. The molecule has 1 heterocycles. The van der Waals surface area contributed by atoms with E-state index in [9.17, 15) is 13.2 Å². The quantitative estimate of drug-likeness (QED) is 0.863. The summed E-state index contributed by atoms with van der Waals surface area (Å²) >= 11 is 0. The van der Waals surface area contributed by atoms with Crippen molar-refractivity contribution in [3.05, 3.63) is 29.8 Å². The molecule has 17 heavy (non-hydrogen) atoms. The van der Waals surface area contributed by atoms with Crippen molar-refractivity contribution in [2.45, 2.75) is 25.1 Å². The van der Waals surface area contributed by atoms with Crippen LogP contribution in [0.1, 0.15) is 18.4 Å². The fourth-order valence-electron chi connectivity index (χ4n) is 1.93. The normalized spacial score (nSPS) is 21.2. The van der Waals surface area contributed by atoms with E-state index in [0.717, 1.165) is 18.9 Å². The molecular weight excluding hydrogens is 231 g/mol. The van der Waals surface area contributed by atoms with Gasteiger partial charge in [0.2, 0.25) is 0 Å². The Morgan fingerprint density at radius 2 is 2.00 bits per heavy atom. The van der Waals surface area contributed by atoms with Gasteiger partial charge in [0.05, 0.1) is 12.2 Å². The molecule has 1 saturated heterocycles. The Morgan fingerprint density at radius 1 is 1.24 bits per heavy atom. The Morgan fingerprint density at radius 3 is 2.65 bits per heavy atom. The summed E-state index contributed by atoms with van der Waals surface area (Å²) in [5.41, 5.74) is -0.485. The summed E-state index contributed by atoms with van der Waals surface area (Å²) < 4.78 is 43.4. The molecule has 2 rings (SSSR count). The highest BCUT2D eigenvalue weighted by molar-refractivity contribution is 5.53. The van der Waals surface area contributed by atoms with Gasteiger partial charge in [-0.15, -0.1) is 0 Å². The zero-order valence-corrected chi connectivity index (χ0v) is 9.26. The van der Waals surface area contributed by atoms with E-state index in [-0.39, 0.29) is 11.7 Å². The maximum absolute atomic E-state index is 12.7. The monoisotopic (exact) mass is 245 g/mol. The van der Waals surface area contributed by atoms with Gasteiger partial charge in [-0.05, 0) is 25.0 Å². The van der Waals surface area contributed by atoms with E-state index < -0.39 is 11.7 Å². The number of para-hydroxylation sites is 1. The van der Waals surface area contributed by atoms with Gasteiger partial charge in [0.1, 0.15) is 0 Å². The summed E-state index contributed by atoms with van der Waals surface area (Å²) in [5.74, 6) is 0. The standard InChI is InChI=1S/C12H14F3NO/c13-12(14,15)10-5-1-2-6-11(10)16-9-4-3-7-17-8-9/h1-2,5-6,9,16H,3-4,7-8H2. The number of benzene rings is 1. The third-order valence-corrected chi connectivity index (χ3v) is 2.75. The third-order valence-electron chi connectivity index (χ3n) is 2.75. The van der Waals surface area contributed by atoms with Gasteiger partial charge in [0, 0.05) is 18.3 Å². The van der Waals surface area contributed by atoms with Crippen molar-refractivity contribution in [2.75, 3.05) is 18.5 Å². The number of hydrogen-bond acceptors (Lipinski definition) is 2. The Balaban J connectivity index is 2.14. The molecule has 0 bridgehead atoms. The number of rotatable bonds is 2. The number of hydrogen-bond donors (Lipinski definition) is 1. The first-order chi connectivity index (χ1) is 8.07. The van der Waals surface area contributed by atoms with Crippen LogP contribution in [0.3, 0.4) is 0 Å². The lowest BCUT2D eigenvalue weighted by atomic mass is 10.1. The lowest BCUT2D eigenvalue weighted by molar-refractivity contribution is -0.137. The highest BCUT2D eigenvalue weighted by Gasteiger charge is 2.33. The second kappa shape index (κ2) is 4.96. The zero-order chi connectivity index (χ0) is 12.3. The van der Waals surface area contributed by atoms with Gasteiger partial charge in [-0.1, -0.05) is 12.1 Å². The maximum Gasteiger partial charge on any atom is 0.418 e. The number of halogens is 3. The predicted molar refractivity (Wildman–Crippen MR) is 58.9 cm³/mol. The summed E-state index contributed by atoms with van der Waals surface area (Å²) in [6, 6.07) is 5.50. The molecule has 1 aliphatic heterocycles. The molecule has 1 aliphatic rings. The topological polar surface area (TPSA) is 21.3 Å². The second-order valence-corrected chi connectivity index (χ2v) is 4.10. The summed E-state index contributed by atoms with van der Waals surface area (Å²) in [6.07, 6.45) is -2.60. The minimum Gasteiger partial charge on any atom is -0.379 e. The fourth-order valence-corrected chi connectivity index (χ4v) is 1.93. The van der Waals surface area contributed by atoms with Crippen LogP contribution in [0.15, 0.2) is 24.3 Å². The Kier molecular flexibility index (Phi) is 3.57.